The SMILES string of the molecule is CCC(=O)N1CCCC(C(=O)OC(C(=O)NC(N)=O)C(C)C)C1. The average molecular weight is 327 g/mol. The molecule has 4 amide bonds. The Labute approximate surface area is 135 Å². The fraction of sp³-hybridized carbons (Fsp3) is 0.733. The van der Waals surface area contributed by atoms with E-state index < -0.39 is 29.9 Å². The number of esters is 1. The lowest BCUT2D eigenvalue weighted by molar-refractivity contribution is -0.164. The van der Waals surface area contributed by atoms with Gasteiger partial charge in [-0.15, -0.1) is 0 Å². The minimum atomic E-state index is -1.09. The molecule has 0 aliphatic carbocycles. The lowest BCUT2D eigenvalue weighted by Crippen LogP contribution is -2.48. The second-order valence-corrected chi connectivity index (χ2v) is 5.99. The van der Waals surface area contributed by atoms with Crippen molar-refractivity contribution < 1.29 is 23.9 Å². The highest BCUT2D eigenvalue weighted by Crippen LogP contribution is 2.20. The number of amides is 4. The van der Waals surface area contributed by atoms with E-state index in [1.165, 1.54) is 0 Å². The van der Waals surface area contributed by atoms with Gasteiger partial charge in [0.1, 0.15) is 0 Å². The number of carbonyl (C=O) groups is 4. The lowest BCUT2D eigenvalue weighted by atomic mass is 9.97. The summed E-state index contributed by atoms with van der Waals surface area (Å²) in [5, 5.41) is 1.93. The molecule has 1 rings (SSSR count). The van der Waals surface area contributed by atoms with Gasteiger partial charge in [0, 0.05) is 19.5 Å². The largest absolute Gasteiger partial charge is 0.452 e. The Bertz CT molecular complexity index is 478. The summed E-state index contributed by atoms with van der Waals surface area (Å²) in [7, 11) is 0. The molecule has 1 aliphatic heterocycles. The zero-order valence-electron chi connectivity index (χ0n) is 13.8. The fourth-order valence-electron chi connectivity index (χ4n) is 2.53. The molecule has 0 spiro atoms. The van der Waals surface area contributed by atoms with E-state index in [0.29, 0.717) is 32.4 Å². The van der Waals surface area contributed by atoms with Crippen molar-refractivity contribution in [2.24, 2.45) is 17.6 Å². The highest BCUT2D eigenvalue weighted by molar-refractivity contribution is 5.96. The number of urea groups is 1. The Morgan fingerprint density at radius 3 is 2.48 bits per heavy atom. The molecule has 8 nitrogen and oxygen atoms in total. The van der Waals surface area contributed by atoms with Crippen LogP contribution in [0.2, 0.25) is 0 Å². The van der Waals surface area contributed by atoms with E-state index in [4.69, 9.17) is 10.5 Å². The van der Waals surface area contributed by atoms with Gasteiger partial charge >= 0.3 is 12.0 Å². The first kappa shape index (κ1) is 18.9. The molecular weight excluding hydrogens is 302 g/mol. The van der Waals surface area contributed by atoms with Crippen molar-refractivity contribution >= 4 is 23.8 Å². The molecular formula is C15H25N3O5. The number of ether oxygens (including phenoxy) is 1. The summed E-state index contributed by atoms with van der Waals surface area (Å²) in [6, 6.07) is -0.992. The van der Waals surface area contributed by atoms with Crippen molar-refractivity contribution in [3.63, 3.8) is 0 Å². The Morgan fingerprint density at radius 2 is 1.96 bits per heavy atom. The zero-order chi connectivity index (χ0) is 17.6. The minimum absolute atomic E-state index is 0.00520. The number of imide groups is 1. The summed E-state index contributed by atoms with van der Waals surface area (Å²) in [6.45, 7) is 6.10. The lowest BCUT2D eigenvalue weighted by Gasteiger charge is -2.32. The van der Waals surface area contributed by atoms with Crippen LogP contribution in [0, 0.1) is 11.8 Å². The first-order valence-corrected chi connectivity index (χ1v) is 7.84. The number of rotatable bonds is 5. The molecule has 1 fully saturated rings. The van der Waals surface area contributed by atoms with Gasteiger partial charge in [-0.2, -0.15) is 0 Å². The summed E-state index contributed by atoms with van der Waals surface area (Å²) in [4.78, 5) is 48.4. The van der Waals surface area contributed by atoms with Crippen molar-refractivity contribution in [2.75, 3.05) is 13.1 Å². The number of primary amides is 1. The first-order valence-electron chi connectivity index (χ1n) is 7.84. The smallest absolute Gasteiger partial charge is 0.318 e. The van der Waals surface area contributed by atoms with Gasteiger partial charge in [-0.05, 0) is 18.8 Å². The summed E-state index contributed by atoms with van der Waals surface area (Å²) in [6.07, 6.45) is 0.615. The van der Waals surface area contributed by atoms with Crippen LogP contribution in [0.5, 0.6) is 0 Å². The third-order valence-corrected chi connectivity index (χ3v) is 3.76. The molecule has 0 aromatic heterocycles. The molecule has 1 heterocycles. The van der Waals surface area contributed by atoms with Crippen molar-refractivity contribution in [1.82, 2.24) is 10.2 Å². The maximum atomic E-state index is 12.3. The van der Waals surface area contributed by atoms with Crippen molar-refractivity contribution in [1.29, 1.82) is 0 Å². The van der Waals surface area contributed by atoms with Gasteiger partial charge in [-0.1, -0.05) is 20.8 Å². The molecule has 0 radical (unpaired) electrons. The van der Waals surface area contributed by atoms with Gasteiger partial charge in [-0.25, -0.2) is 4.79 Å². The number of likely N-dealkylation sites (tertiary alicyclic amines) is 1. The summed E-state index contributed by atoms with van der Waals surface area (Å²) in [5.74, 6) is -2.04. The normalized spacial score (nSPS) is 19.1. The topological polar surface area (TPSA) is 119 Å². The predicted octanol–water partition coefficient (Wildman–Crippen LogP) is 0.398. The zero-order valence-corrected chi connectivity index (χ0v) is 13.8. The molecule has 8 heteroatoms. The van der Waals surface area contributed by atoms with Gasteiger partial charge in [0.05, 0.1) is 5.92 Å². The highest BCUT2D eigenvalue weighted by Gasteiger charge is 2.33. The second kappa shape index (κ2) is 8.50. The number of nitrogens with zero attached hydrogens (tertiary/aromatic N) is 1. The van der Waals surface area contributed by atoms with Gasteiger partial charge in [-0.3, -0.25) is 19.7 Å². The summed E-state index contributed by atoms with van der Waals surface area (Å²) >= 11 is 0. The number of nitrogens with two attached hydrogens (primary N) is 1. The van der Waals surface area contributed by atoms with E-state index in [9.17, 15) is 19.2 Å². The van der Waals surface area contributed by atoms with Crippen LogP contribution in [0.15, 0.2) is 0 Å². The highest BCUT2D eigenvalue weighted by atomic mass is 16.5. The molecule has 3 N–H and O–H groups in total. The summed E-state index contributed by atoms with van der Waals surface area (Å²) in [5.41, 5.74) is 4.92. The van der Waals surface area contributed by atoms with Gasteiger partial charge < -0.3 is 15.4 Å². The van der Waals surface area contributed by atoms with E-state index >= 15 is 0 Å². The molecule has 0 aromatic rings. The average Bonchev–Trinajstić information content (AvgIpc) is 2.50. The van der Waals surface area contributed by atoms with E-state index in [1.807, 2.05) is 5.32 Å². The van der Waals surface area contributed by atoms with Gasteiger partial charge in [0.15, 0.2) is 6.10 Å². The number of hydrogen-bond acceptors (Lipinski definition) is 5. The van der Waals surface area contributed by atoms with Crippen LogP contribution in [-0.2, 0) is 19.1 Å². The Balaban J connectivity index is 2.69. The molecule has 23 heavy (non-hydrogen) atoms. The van der Waals surface area contributed by atoms with Crippen LogP contribution < -0.4 is 11.1 Å². The molecule has 2 unspecified atom stereocenters. The quantitative estimate of drug-likeness (QED) is 0.708. The van der Waals surface area contributed by atoms with E-state index in [-0.39, 0.29) is 11.8 Å². The van der Waals surface area contributed by atoms with Crippen molar-refractivity contribution in [2.45, 2.75) is 46.1 Å². The fourth-order valence-corrected chi connectivity index (χ4v) is 2.53. The number of hydrogen-bond donors (Lipinski definition) is 2. The van der Waals surface area contributed by atoms with Crippen LogP contribution in [0.1, 0.15) is 40.0 Å². The minimum Gasteiger partial charge on any atom is -0.452 e. The van der Waals surface area contributed by atoms with Crippen LogP contribution in [0.3, 0.4) is 0 Å². The maximum absolute atomic E-state index is 12.3. The third-order valence-electron chi connectivity index (χ3n) is 3.76. The molecule has 0 aromatic carbocycles. The molecule has 130 valence electrons. The Morgan fingerprint density at radius 1 is 1.30 bits per heavy atom. The monoisotopic (exact) mass is 327 g/mol. The van der Waals surface area contributed by atoms with Crippen LogP contribution >= 0.6 is 0 Å². The van der Waals surface area contributed by atoms with Crippen molar-refractivity contribution in [3.8, 4) is 0 Å². The molecule has 2 atom stereocenters. The van der Waals surface area contributed by atoms with E-state index in [2.05, 4.69) is 0 Å². The van der Waals surface area contributed by atoms with Crippen LogP contribution in [0.4, 0.5) is 4.79 Å². The molecule has 0 bridgehead atoms. The number of carbonyl (C=O) groups excluding carboxylic acids is 4. The molecule has 1 aliphatic rings. The van der Waals surface area contributed by atoms with Gasteiger partial charge in [0.25, 0.3) is 5.91 Å². The van der Waals surface area contributed by atoms with E-state index in [0.717, 1.165) is 0 Å². The van der Waals surface area contributed by atoms with Crippen molar-refractivity contribution in [3.05, 3.63) is 0 Å². The Hall–Kier alpha value is -2.12. The second-order valence-electron chi connectivity index (χ2n) is 5.99. The predicted molar refractivity (Wildman–Crippen MR) is 82.0 cm³/mol. The third kappa shape index (κ3) is 5.54. The molecule has 0 saturated carbocycles. The molecule has 1 saturated heterocycles. The Kier molecular flexibility index (Phi) is 6.99. The number of piperidine rings is 1. The first-order chi connectivity index (χ1) is 10.8. The van der Waals surface area contributed by atoms with Gasteiger partial charge in [0.2, 0.25) is 5.91 Å². The van der Waals surface area contributed by atoms with Crippen LogP contribution in [0.25, 0.3) is 0 Å². The number of nitrogens with one attached hydrogen (secondary N) is 1. The maximum Gasteiger partial charge on any atom is 0.318 e. The van der Waals surface area contributed by atoms with Crippen LogP contribution in [-0.4, -0.2) is 47.9 Å². The standard InChI is InChI=1S/C15H25N3O5/c1-4-11(19)18-7-5-6-10(8-18)14(21)23-12(9(2)3)13(20)17-15(16)22/h9-10,12H,4-8H2,1-3H3,(H3,16,17,20,22). The van der Waals surface area contributed by atoms with E-state index in [1.54, 1.807) is 25.7 Å². The summed E-state index contributed by atoms with van der Waals surface area (Å²) < 4.78 is 5.28.